The van der Waals surface area contributed by atoms with Crippen LogP contribution >= 0.6 is 15.9 Å². The van der Waals surface area contributed by atoms with Crippen LogP contribution in [0.2, 0.25) is 0 Å². The van der Waals surface area contributed by atoms with E-state index >= 15 is 0 Å². The van der Waals surface area contributed by atoms with E-state index in [9.17, 15) is 9.18 Å². The van der Waals surface area contributed by atoms with E-state index in [-0.39, 0.29) is 11.3 Å². The number of ether oxygens (including phenoxy) is 1. The molecule has 1 amide bonds. The SMILES string of the molecule is Cc1cc(Oc2ccc(C(N)=O)cc2F)ccc1Br. The average molecular weight is 324 g/mol. The molecule has 0 spiro atoms. The molecule has 0 aromatic heterocycles. The third kappa shape index (κ3) is 3.12. The van der Waals surface area contributed by atoms with Crippen LogP contribution in [0.25, 0.3) is 0 Å². The smallest absolute Gasteiger partial charge is 0.248 e. The number of rotatable bonds is 3. The fourth-order valence-corrected chi connectivity index (χ4v) is 1.79. The van der Waals surface area contributed by atoms with E-state index in [0.717, 1.165) is 16.1 Å². The lowest BCUT2D eigenvalue weighted by Gasteiger charge is -2.08. The molecule has 5 heteroatoms. The summed E-state index contributed by atoms with van der Waals surface area (Å²) < 4.78 is 20.1. The molecule has 0 unspecified atom stereocenters. The summed E-state index contributed by atoms with van der Waals surface area (Å²) in [6.45, 7) is 1.91. The van der Waals surface area contributed by atoms with Crippen molar-refractivity contribution < 1.29 is 13.9 Å². The first-order chi connectivity index (χ1) is 8.97. The van der Waals surface area contributed by atoms with Crippen molar-refractivity contribution in [3.8, 4) is 11.5 Å². The van der Waals surface area contributed by atoms with Gasteiger partial charge in [-0.15, -0.1) is 0 Å². The molecule has 2 N–H and O–H groups in total. The fourth-order valence-electron chi connectivity index (χ4n) is 1.54. The molecule has 0 fully saturated rings. The Bertz CT molecular complexity index is 643. The number of carbonyl (C=O) groups is 1. The minimum atomic E-state index is -0.676. The van der Waals surface area contributed by atoms with Crippen molar-refractivity contribution in [2.75, 3.05) is 0 Å². The summed E-state index contributed by atoms with van der Waals surface area (Å²) in [5.41, 5.74) is 6.16. The Kier molecular flexibility index (Phi) is 3.85. The predicted molar refractivity (Wildman–Crippen MR) is 73.9 cm³/mol. The quantitative estimate of drug-likeness (QED) is 0.934. The van der Waals surface area contributed by atoms with Crippen molar-refractivity contribution >= 4 is 21.8 Å². The Balaban J connectivity index is 2.28. The van der Waals surface area contributed by atoms with Crippen LogP contribution in [0.5, 0.6) is 11.5 Å². The van der Waals surface area contributed by atoms with Gasteiger partial charge < -0.3 is 10.5 Å². The van der Waals surface area contributed by atoms with Crippen molar-refractivity contribution in [2.24, 2.45) is 5.73 Å². The van der Waals surface area contributed by atoms with E-state index in [1.165, 1.54) is 12.1 Å². The normalized spacial score (nSPS) is 10.3. The maximum atomic E-state index is 13.7. The maximum Gasteiger partial charge on any atom is 0.248 e. The zero-order valence-electron chi connectivity index (χ0n) is 10.1. The number of benzene rings is 2. The summed E-state index contributed by atoms with van der Waals surface area (Å²) >= 11 is 3.37. The van der Waals surface area contributed by atoms with Gasteiger partial charge in [0.1, 0.15) is 5.75 Å². The topological polar surface area (TPSA) is 52.3 Å². The van der Waals surface area contributed by atoms with E-state index in [1.807, 2.05) is 13.0 Å². The van der Waals surface area contributed by atoms with Crippen LogP contribution in [-0.2, 0) is 0 Å². The average Bonchev–Trinajstić information content (AvgIpc) is 2.36. The molecule has 0 saturated heterocycles. The molecule has 0 atom stereocenters. The highest BCUT2D eigenvalue weighted by molar-refractivity contribution is 9.10. The number of aryl methyl sites for hydroxylation is 1. The van der Waals surface area contributed by atoms with Crippen LogP contribution in [0, 0.1) is 12.7 Å². The molecule has 0 heterocycles. The predicted octanol–water partition coefficient (Wildman–Crippen LogP) is 3.79. The van der Waals surface area contributed by atoms with E-state index in [2.05, 4.69) is 15.9 Å². The summed E-state index contributed by atoms with van der Waals surface area (Å²) in [6, 6.07) is 9.19. The number of halogens is 2. The van der Waals surface area contributed by atoms with Crippen LogP contribution in [0.4, 0.5) is 4.39 Å². The molecule has 2 aromatic carbocycles. The van der Waals surface area contributed by atoms with Gasteiger partial charge in [0, 0.05) is 10.0 Å². The van der Waals surface area contributed by atoms with Crippen LogP contribution < -0.4 is 10.5 Å². The van der Waals surface area contributed by atoms with Crippen molar-refractivity contribution in [1.82, 2.24) is 0 Å². The molecule has 19 heavy (non-hydrogen) atoms. The van der Waals surface area contributed by atoms with Gasteiger partial charge >= 0.3 is 0 Å². The molecule has 0 aliphatic rings. The van der Waals surface area contributed by atoms with Gasteiger partial charge in [-0.05, 0) is 48.9 Å². The monoisotopic (exact) mass is 323 g/mol. The molecule has 2 aromatic rings. The first kappa shape index (κ1) is 13.5. The van der Waals surface area contributed by atoms with Crippen LogP contribution in [0.15, 0.2) is 40.9 Å². The summed E-state index contributed by atoms with van der Waals surface area (Å²) in [6.07, 6.45) is 0. The lowest BCUT2D eigenvalue weighted by atomic mass is 10.2. The van der Waals surface area contributed by atoms with Gasteiger partial charge in [-0.2, -0.15) is 0 Å². The number of primary amides is 1. The largest absolute Gasteiger partial charge is 0.454 e. The minimum absolute atomic E-state index is 0.0479. The van der Waals surface area contributed by atoms with Gasteiger partial charge in [-0.3, -0.25) is 4.79 Å². The van der Waals surface area contributed by atoms with Gasteiger partial charge in [0.2, 0.25) is 5.91 Å². The number of hydrogen-bond donors (Lipinski definition) is 1. The van der Waals surface area contributed by atoms with Gasteiger partial charge in [-0.25, -0.2) is 4.39 Å². The van der Waals surface area contributed by atoms with Crippen molar-refractivity contribution in [3.63, 3.8) is 0 Å². The van der Waals surface area contributed by atoms with Crippen molar-refractivity contribution in [1.29, 1.82) is 0 Å². The standard InChI is InChI=1S/C14H11BrFNO2/c1-8-6-10(3-4-11(8)15)19-13-5-2-9(14(17)18)7-12(13)16/h2-7H,1H3,(H2,17,18). The summed E-state index contributed by atoms with van der Waals surface area (Å²) in [5, 5.41) is 0. The zero-order chi connectivity index (χ0) is 14.0. The summed E-state index contributed by atoms with van der Waals surface area (Å²) in [4.78, 5) is 10.9. The van der Waals surface area contributed by atoms with Crippen molar-refractivity contribution in [3.05, 3.63) is 57.8 Å². The van der Waals surface area contributed by atoms with E-state index < -0.39 is 11.7 Å². The zero-order valence-corrected chi connectivity index (χ0v) is 11.7. The molecular weight excluding hydrogens is 313 g/mol. The minimum Gasteiger partial charge on any atom is -0.454 e. The maximum absolute atomic E-state index is 13.7. The third-order valence-electron chi connectivity index (χ3n) is 2.57. The highest BCUT2D eigenvalue weighted by atomic mass is 79.9. The third-order valence-corrected chi connectivity index (χ3v) is 3.46. The van der Waals surface area contributed by atoms with E-state index in [1.54, 1.807) is 12.1 Å². The molecular formula is C14H11BrFNO2. The Morgan fingerprint density at radius 1 is 1.26 bits per heavy atom. The second-order valence-corrected chi connectivity index (χ2v) is 4.88. The second-order valence-electron chi connectivity index (χ2n) is 4.02. The Morgan fingerprint density at radius 2 is 2.00 bits per heavy atom. The Labute approximate surface area is 118 Å². The van der Waals surface area contributed by atoms with Crippen LogP contribution in [-0.4, -0.2) is 5.91 Å². The van der Waals surface area contributed by atoms with E-state index in [4.69, 9.17) is 10.5 Å². The fraction of sp³-hybridized carbons (Fsp3) is 0.0714. The van der Waals surface area contributed by atoms with E-state index in [0.29, 0.717) is 5.75 Å². The number of nitrogens with two attached hydrogens (primary N) is 1. The van der Waals surface area contributed by atoms with Gasteiger partial charge in [0.25, 0.3) is 0 Å². The summed E-state index contributed by atoms with van der Waals surface area (Å²) in [5.74, 6) is -0.736. The molecule has 0 aliphatic heterocycles. The molecule has 3 nitrogen and oxygen atoms in total. The van der Waals surface area contributed by atoms with Gasteiger partial charge in [-0.1, -0.05) is 15.9 Å². The van der Waals surface area contributed by atoms with Crippen LogP contribution in [0.1, 0.15) is 15.9 Å². The number of amides is 1. The summed E-state index contributed by atoms with van der Waals surface area (Å²) in [7, 11) is 0. The lowest BCUT2D eigenvalue weighted by Crippen LogP contribution is -2.11. The molecule has 0 aliphatic carbocycles. The molecule has 0 radical (unpaired) electrons. The van der Waals surface area contributed by atoms with Gasteiger partial charge in [0.15, 0.2) is 11.6 Å². The van der Waals surface area contributed by atoms with Crippen LogP contribution in [0.3, 0.4) is 0 Å². The second kappa shape index (κ2) is 5.40. The number of hydrogen-bond acceptors (Lipinski definition) is 2. The first-order valence-electron chi connectivity index (χ1n) is 5.51. The highest BCUT2D eigenvalue weighted by Crippen LogP contribution is 2.28. The Morgan fingerprint density at radius 3 is 2.58 bits per heavy atom. The first-order valence-corrected chi connectivity index (χ1v) is 6.30. The molecule has 0 saturated carbocycles. The highest BCUT2D eigenvalue weighted by Gasteiger charge is 2.09. The lowest BCUT2D eigenvalue weighted by molar-refractivity contribution is 0.1000. The Hall–Kier alpha value is -1.88. The number of carbonyl (C=O) groups excluding carboxylic acids is 1. The van der Waals surface area contributed by atoms with Crippen molar-refractivity contribution in [2.45, 2.75) is 6.92 Å². The molecule has 2 rings (SSSR count). The molecule has 98 valence electrons. The van der Waals surface area contributed by atoms with Gasteiger partial charge in [0.05, 0.1) is 0 Å². The molecule has 0 bridgehead atoms.